The van der Waals surface area contributed by atoms with E-state index in [-0.39, 0.29) is 5.91 Å². The summed E-state index contributed by atoms with van der Waals surface area (Å²) in [6.45, 7) is 4.25. The molecule has 2 aromatic carbocycles. The molecule has 1 aromatic heterocycles. The summed E-state index contributed by atoms with van der Waals surface area (Å²) in [6, 6.07) is 13.3. The number of aromatic amines is 1. The minimum Gasteiger partial charge on any atom is -0.497 e. The molecule has 1 atom stereocenters. The number of methoxy groups -OCH3 is 2. The van der Waals surface area contributed by atoms with Gasteiger partial charge < -0.3 is 14.8 Å². The Bertz CT molecular complexity index is 939. The van der Waals surface area contributed by atoms with E-state index in [4.69, 9.17) is 9.47 Å². The van der Waals surface area contributed by atoms with E-state index in [2.05, 4.69) is 39.8 Å². The van der Waals surface area contributed by atoms with Crippen LogP contribution in [0.4, 0.5) is 5.69 Å². The van der Waals surface area contributed by atoms with Gasteiger partial charge in [0.2, 0.25) is 5.91 Å². The molecule has 8 heteroatoms. The van der Waals surface area contributed by atoms with Crippen LogP contribution in [0.15, 0.2) is 42.5 Å². The first-order valence-electron chi connectivity index (χ1n) is 9.37. The fraction of sp³-hybridized carbons (Fsp3) is 0.333. The fourth-order valence-corrected chi connectivity index (χ4v) is 3.04. The predicted molar refractivity (Wildman–Crippen MR) is 109 cm³/mol. The van der Waals surface area contributed by atoms with E-state index in [0.29, 0.717) is 29.7 Å². The van der Waals surface area contributed by atoms with Gasteiger partial charge in [0.05, 0.1) is 14.2 Å². The maximum atomic E-state index is 13.1. The van der Waals surface area contributed by atoms with E-state index >= 15 is 0 Å². The Morgan fingerprint density at radius 1 is 1.10 bits per heavy atom. The lowest BCUT2D eigenvalue weighted by molar-refractivity contribution is -0.117. The van der Waals surface area contributed by atoms with Crippen LogP contribution in [-0.4, -0.2) is 40.8 Å². The van der Waals surface area contributed by atoms with Crippen molar-refractivity contribution in [3.63, 3.8) is 0 Å². The van der Waals surface area contributed by atoms with Crippen molar-refractivity contribution in [3.8, 4) is 11.5 Å². The van der Waals surface area contributed by atoms with Crippen LogP contribution < -0.4 is 14.8 Å². The standard InChI is InChI=1S/C21H25N5O3/c1-13(2)14-5-8-16(9-6-14)22-21(27)18(20-23-25-26-24-20)11-15-7-10-17(28-3)12-19(15)29-4/h5-10,12-13,18H,11H2,1-4H3,(H,22,27)(H,23,24,25,26)/t18-/m0/s1. The summed E-state index contributed by atoms with van der Waals surface area (Å²) in [5.74, 6) is 1.19. The first-order valence-corrected chi connectivity index (χ1v) is 9.37. The topological polar surface area (TPSA) is 102 Å². The number of hydrogen-bond acceptors (Lipinski definition) is 6. The van der Waals surface area contributed by atoms with Gasteiger partial charge in [0.1, 0.15) is 17.4 Å². The Morgan fingerprint density at radius 3 is 2.45 bits per heavy atom. The second kappa shape index (κ2) is 9.18. The average Bonchev–Trinajstić information content (AvgIpc) is 3.26. The van der Waals surface area contributed by atoms with Gasteiger partial charge in [-0.15, -0.1) is 10.2 Å². The number of anilines is 1. The third kappa shape index (κ3) is 4.90. The molecule has 0 aliphatic carbocycles. The number of nitrogens with one attached hydrogen (secondary N) is 2. The van der Waals surface area contributed by atoms with E-state index in [9.17, 15) is 4.79 Å². The highest BCUT2D eigenvalue weighted by Gasteiger charge is 2.27. The molecule has 3 aromatic rings. The van der Waals surface area contributed by atoms with Crippen LogP contribution >= 0.6 is 0 Å². The highest BCUT2D eigenvalue weighted by molar-refractivity contribution is 5.95. The first-order chi connectivity index (χ1) is 14.0. The summed E-state index contributed by atoms with van der Waals surface area (Å²) in [4.78, 5) is 13.1. The number of carbonyl (C=O) groups excluding carboxylic acids is 1. The lowest BCUT2D eigenvalue weighted by atomic mass is 9.96. The summed E-state index contributed by atoms with van der Waals surface area (Å²) >= 11 is 0. The van der Waals surface area contributed by atoms with Crippen LogP contribution in [0, 0.1) is 0 Å². The predicted octanol–water partition coefficient (Wildman–Crippen LogP) is 3.31. The Labute approximate surface area is 169 Å². The smallest absolute Gasteiger partial charge is 0.235 e. The van der Waals surface area contributed by atoms with Crippen LogP contribution in [0.1, 0.15) is 42.6 Å². The zero-order valence-corrected chi connectivity index (χ0v) is 17.0. The van der Waals surface area contributed by atoms with Crippen LogP contribution in [-0.2, 0) is 11.2 Å². The number of rotatable bonds is 8. The van der Waals surface area contributed by atoms with Gasteiger partial charge in [0.25, 0.3) is 0 Å². The highest BCUT2D eigenvalue weighted by Crippen LogP contribution is 2.29. The molecule has 0 fully saturated rings. The van der Waals surface area contributed by atoms with Crippen molar-refractivity contribution in [3.05, 3.63) is 59.4 Å². The zero-order valence-electron chi connectivity index (χ0n) is 17.0. The number of hydrogen-bond donors (Lipinski definition) is 2. The van der Waals surface area contributed by atoms with Gasteiger partial charge in [-0.05, 0) is 41.7 Å². The molecule has 0 spiro atoms. The summed E-state index contributed by atoms with van der Waals surface area (Å²) in [5.41, 5.74) is 2.77. The molecule has 2 N–H and O–H groups in total. The molecule has 0 aliphatic rings. The fourth-order valence-electron chi connectivity index (χ4n) is 3.04. The Balaban J connectivity index is 1.83. The molecule has 8 nitrogen and oxygen atoms in total. The minimum absolute atomic E-state index is 0.221. The van der Waals surface area contributed by atoms with Gasteiger partial charge in [-0.25, -0.2) is 0 Å². The van der Waals surface area contributed by atoms with Crippen molar-refractivity contribution >= 4 is 11.6 Å². The Morgan fingerprint density at radius 2 is 1.86 bits per heavy atom. The van der Waals surface area contributed by atoms with E-state index in [1.807, 2.05) is 36.4 Å². The molecule has 0 bridgehead atoms. The third-order valence-electron chi connectivity index (χ3n) is 4.75. The number of tetrazole rings is 1. The van der Waals surface area contributed by atoms with Gasteiger partial charge in [0.15, 0.2) is 5.82 Å². The molecule has 152 valence electrons. The third-order valence-corrected chi connectivity index (χ3v) is 4.75. The molecule has 29 heavy (non-hydrogen) atoms. The number of H-pyrrole nitrogens is 1. The maximum absolute atomic E-state index is 13.1. The zero-order chi connectivity index (χ0) is 20.8. The normalized spacial score (nSPS) is 11.9. The van der Waals surface area contributed by atoms with Crippen molar-refractivity contribution in [1.29, 1.82) is 0 Å². The monoisotopic (exact) mass is 395 g/mol. The van der Waals surface area contributed by atoms with E-state index in [0.717, 1.165) is 11.3 Å². The average molecular weight is 395 g/mol. The number of aromatic nitrogens is 4. The number of carbonyl (C=O) groups is 1. The molecule has 0 aliphatic heterocycles. The molecule has 0 saturated heterocycles. The van der Waals surface area contributed by atoms with Crippen molar-refractivity contribution in [2.45, 2.75) is 32.1 Å². The molecular weight excluding hydrogens is 370 g/mol. The number of ether oxygens (including phenoxy) is 2. The largest absolute Gasteiger partial charge is 0.497 e. The molecule has 0 saturated carbocycles. The second-order valence-corrected chi connectivity index (χ2v) is 6.97. The number of benzene rings is 2. The highest BCUT2D eigenvalue weighted by atomic mass is 16.5. The molecule has 1 amide bonds. The van der Waals surface area contributed by atoms with Crippen molar-refractivity contribution in [1.82, 2.24) is 20.6 Å². The molecular formula is C21H25N5O3. The lowest BCUT2D eigenvalue weighted by Crippen LogP contribution is -2.24. The van der Waals surface area contributed by atoms with Gasteiger partial charge in [0, 0.05) is 11.8 Å². The van der Waals surface area contributed by atoms with Gasteiger partial charge in [-0.1, -0.05) is 37.3 Å². The Hall–Kier alpha value is -3.42. The van der Waals surface area contributed by atoms with Gasteiger partial charge in [-0.2, -0.15) is 5.21 Å². The van der Waals surface area contributed by atoms with Crippen molar-refractivity contribution < 1.29 is 14.3 Å². The van der Waals surface area contributed by atoms with Crippen LogP contribution in [0.5, 0.6) is 11.5 Å². The summed E-state index contributed by atoms with van der Waals surface area (Å²) < 4.78 is 10.7. The molecule has 1 heterocycles. The maximum Gasteiger partial charge on any atom is 0.235 e. The summed E-state index contributed by atoms with van der Waals surface area (Å²) in [6.07, 6.45) is 0.350. The number of amides is 1. The quantitative estimate of drug-likeness (QED) is 0.607. The van der Waals surface area contributed by atoms with E-state index in [1.165, 1.54) is 5.56 Å². The summed E-state index contributed by atoms with van der Waals surface area (Å²) in [5, 5.41) is 17.0. The van der Waals surface area contributed by atoms with E-state index < -0.39 is 5.92 Å². The van der Waals surface area contributed by atoms with Gasteiger partial charge >= 0.3 is 0 Å². The number of nitrogens with zero attached hydrogens (tertiary/aromatic N) is 3. The van der Waals surface area contributed by atoms with Crippen molar-refractivity contribution in [2.75, 3.05) is 19.5 Å². The van der Waals surface area contributed by atoms with E-state index in [1.54, 1.807) is 20.3 Å². The van der Waals surface area contributed by atoms with Gasteiger partial charge in [-0.3, -0.25) is 4.79 Å². The van der Waals surface area contributed by atoms with Crippen molar-refractivity contribution in [2.24, 2.45) is 0 Å². The Kier molecular flexibility index (Phi) is 6.43. The lowest BCUT2D eigenvalue weighted by Gasteiger charge is -2.16. The summed E-state index contributed by atoms with van der Waals surface area (Å²) in [7, 11) is 3.17. The first kappa shape index (κ1) is 20.3. The molecule has 3 rings (SSSR count). The SMILES string of the molecule is COc1ccc(C[C@H](C(=O)Nc2ccc(C(C)C)cc2)c2nn[nH]n2)c(OC)c1. The van der Waals surface area contributed by atoms with Crippen LogP contribution in [0.3, 0.4) is 0 Å². The second-order valence-electron chi connectivity index (χ2n) is 6.97. The minimum atomic E-state index is -0.638. The van der Waals surface area contributed by atoms with Crippen LogP contribution in [0.2, 0.25) is 0 Å². The van der Waals surface area contributed by atoms with Crippen LogP contribution in [0.25, 0.3) is 0 Å². The molecule has 0 radical (unpaired) electrons. The molecule has 0 unspecified atom stereocenters.